The summed E-state index contributed by atoms with van der Waals surface area (Å²) in [5.74, 6) is -0.543. The fourth-order valence-corrected chi connectivity index (χ4v) is 3.07. The number of hydrogen-bond donors (Lipinski definition) is 1. The van der Waals surface area contributed by atoms with Crippen LogP contribution in [0.3, 0.4) is 0 Å². The van der Waals surface area contributed by atoms with Crippen molar-refractivity contribution in [1.82, 2.24) is 4.90 Å². The summed E-state index contributed by atoms with van der Waals surface area (Å²) in [5, 5.41) is 2.84. The molecule has 154 valence electrons. The summed E-state index contributed by atoms with van der Waals surface area (Å²) in [5.41, 5.74) is 4.59. The van der Waals surface area contributed by atoms with Crippen molar-refractivity contribution in [2.24, 2.45) is 0 Å². The molecule has 0 saturated heterocycles. The summed E-state index contributed by atoms with van der Waals surface area (Å²) >= 11 is 0. The van der Waals surface area contributed by atoms with Crippen LogP contribution in [0.1, 0.15) is 53.2 Å². The Morgan fingerprint density at radius 2 is 1.66 bits per heavy atom. The minimum Gasteiger partial charge on any atom is -0.336 e. The molecule has 5 heteroatoms. The Bertz CT molecular complexity index is 872. The lowest BCUT2D eigenvalue weighted by atomic mass is 10.0. The van der Waals surface area contributed by atoms with Gasteiger partial charge in [0.2, 0.25) is 11.8 Å². The van der Waals surface area contributed by atoms with Crippen LogP contribution in [0.5, 0.6) is 0 Å². The molecule has 2 aromatic carbocycles. The molecule has 0 heterocycles. The molecule has 0 unspecified atom stereocenters. The lowest BCUT2D eigenvalue weighted by molar-refractivity contribution is -0.133. The Kier molecular flexibility index (Phi) is 8.13. The molecule has 0 radical (unpaired) electrons. The molecule has 0 saturated carbocycles. The number of carbonyl (C=O) groups is 3. The highest BCUT2D eigenvalue weighted by Gasteiger charge is 2.16. The van der Waals surface area contributed by atoms with Crippen molar-refractivity contribution in [2.75, 3.05) is 18.9 Å². The zero-order valence-electron chi connectivity index (χ0n) is 17.7. The molecule has 0 spiro atoms. The van der Waals surface area contributed by atoms with Gasteiger partial charge in [-0.15, -0.1) is 0 Å². The number of ketones is 1. The zero-order valence-corrected chi connectivity index (χ0v) is 17.7. The number of nitrogens with zero attached hydrogens (tertiary/aromatic N) is 1. The molecule has 0 aliphatic rings. The molecule has 29 heavy (non-hydrogen) atoms. The van der Waals surface area contributed by atoms with E-state index in [2.05, 4.69) is 12.2 Å². The van der Waals surface area contributed by atoms with Crippen LogP contribution in [0.15, 0.2) is 42.5 Å². The van der Waals surface area contributed by atoms with E-state index in [1.165, 1.54) is 10.5 Å². The number of anilines is 1. The average molecular weight is 395 g/mol. The van der Waals surface area contributed by atoms with Gasteiger partial charge in [-0.25, -0.2) is 0 Å². The highest BCUT2D eigenvalue weighted by molar-refractivity contribution is 5.99. The predicted octanol–water partition coefficient (Wildman–Crippen LogP) is 4.32. The van der Waals surface area contributed by atoms with Crippen LogP contribution in [0.25, 0.3) is 0 Å². The lowest BCUT2D eigenvalue weighted by Crippen LogP contribution is -2.35. The summed E-state index contributed by atoms with van der Waals surface area (Å²) in [4.78, 5) is 38.3. The van der Waals surface area contributed by atoms with E-state index in [1.54, 1.807) is 7.05 Å². The van der Waals surface area contributed by atoms with Gasteiger partial charge in [0, 0.05) is 31.1 Å². The number of amides is 2. The number of rotatable bonds is 9. The smallest absolute Gasteiger partial charge is 0.243 e. The monoisotopic (exact) mass is 394 g/mol. The standard InChI is InChI=1S/C24H30N2O3/c1-5-6-19-9-11-20(12-10-19)22(27)13-14-24(29)26(4)16-23(28)25-21-15-17(2)7-8-18(21)3/h7-12,15H,5-6,13-14,16H2,1-4H3,(H,25,28). The second-order valence-corrected chi connectivity index (χ2v) is 7.49. The first-order chi connectivity index (χ1) is 13.8. The van der Waals surface area contributed by atoms with Gasteiger partial charge in [0.1, 0.15) is 0 Å². The van der Waals surface area contributed by atoms with Gasteiger partial charge in [-0.2, -0.15) is 0 Å². The molecule has 0 aliphatic heterocycles. The first kappa shape index (κ1) is 22.3. The Balaban J connectivity index is 1.82. The number of aryl methyl sites for hydroxylation is 3. The van der Waals surface area contributed by atoms with Gasteiger partial charge < -0.3 is 10.2 Å². The van der Waals surface area contributed by atoms with Crippen LogP contribution in [0, 0.1) is 13.8 Å². The maximum Gasteiger partial charge on any atom is 0.243 e. The van der Waals surface area contributed by atoms with Crippen LogP contribution >= 0.6 is 0 Å². The van der Waals surface area contributed by atoms with E-state index in [-0.39, 0.29) is 37.0 Å². The molecule has 5 nitrogen and oxygen atoms in total. The van der Waals surface area contributed by atoms with Crippen molar-refractivity contribution < 1.29 is 14.4 Å². The van der Waals surface area contributed by atoms with E-state index in [0.717, 1.165) is 29.7 Å². The molecule has 0 fully saturated rings. The van der Waals surface area contributed by atoms with Crippen LogP contribution in [-0.4, -0.2) is 36.1 Å². The minimum atomic E-state index is -0.257. The third kappa shape index (κ3) is 6.86. The lowest BCUT2D eigenvalue weighted by Gasteiger charge is -2.17. The van der Waals surface area contributed by atoms with E-state index in [4.69, 9.17) is 0 Å². The van der Waals surface area contributed by atoms with Crippen LogP contribution in [0.2, 0.25) is 0 Å². The third-order valence-electron chi connectivity index (χ3n) is 4.85. The Hall–Kier alpha value is -2.95. The number of nitrogens with one attached hydrogen (secondary N) is 1. The van der Waals surface area contributed by atoms with Crippen molar-refractivity contribution >= 4 is 23.3 Å². The van der Waals surface area contributed by atoms with Crippen molar-refractivity contribution in [3.8, 4) is 0 Å². The van der Waals surface area contributed by atoms with Gasteiger partial charge in [0.15, 0.2) is 5.78 Å². The molecule has 2 amide bonds. The third-order valence-corrected chi connectivity index (χ3v) is 4.85. The highest BCUT2D eigenvalue weighted by Crippen LogP contribution is 2.16. The topological polar surface area (TPSA) is 66.5 Å². The first-order valence-electron chi connectivity index (χ1n) is 10.0. The summed E-state index contributed by atoms with van der Waals surface area (Å²) in [7, 11) is 1.58. The maximum absolute atomic E-state index is 12.3. The Labute approximate surface area is 173 Å². The van der Waals surface area contributed by atoms with Crippen LogP contribution < -0.4 is 5.32 Å². The van der Waals surface area contributed by atoms with Crippen molar-refractivity contribution in [3.63, 3.8) is 0 Å². The average Bonchev–Trinajstić information content (AvgIpc) is 2.69. The second kappa shape index (κ2) is 10.6. The highest BCUT2D eigenvalue weighted by atomic mass is 16.2. The summed E-state index contributed by atoms with van der Waals surface area (Å²) in [6, 6.07) is 13.4. The van der Waals surface area contributed by atoms with Crippen molar-refractivity contribution in [1.29, 1.82) is 0 Å². The fraction of sp³-hybridized carbons (Fsp3) is 0.375. The SMILES string of the molecule is CCCc1ccc(C(=O)CCC(=O)N(C)CC(=O)Nc2cc(C)ccc2C)cc1. The second-order valence-electron chi connectivity index (χ2n) is 7.49. The number of Topliss-reactive ketones (excluding diaryl/α,β-unsaturated/α-hetero) is 1. The van der Waals surface area contributed by atoms with E-state index in [9.17, 15) is 14.4 Å². The van der Waals surface area contributed by atoms with Gasteiger partial charge in [0.05, 0.1) is 6.54 Å². The Morgan fingerprint density at radius 3 is 2.31 bits per heavy atom. The van der Waals surface area contributed by atoms with Crippen molar-refractivity contribution in [3.05, 3.63) is 64.7 Å². The molecule has 0 atom stereocenters. The van der Waals surface area contributed by atoms with Gasteiger partial charge >= 0.3 is 0 Å². The molecule has 2 rings (SSSR count). The molecular formula is C24H30N2O3. The van der Waals surface area contributed by atoms with E-state index in [1.807, 2.05) is 56.3 Å². The molecule has 0 aromatic heterocycles. The van der Waals surface area contributed by atoms with Gasteiger partial charge in [-0.3, -0.25) is 14.4 Å². The summed E-state index contributed by atoms with van der Waals surface area (Å²) in [6.07, 6.45) is 2.27. The van der Waals surface area contributed by atoms with E-state index >= 15 is 0 Å². The normalized spacial score (nSPS) is 10.5. The molecule has 1 N–H and O–H groups in total. The van der Waals surface area contributed by atoms with E-state index in [0.29, 0.717) is 5.56 Å². The molecule has 2 aromatic rings. The van der Waals surface area contributed by atoms with Crippen LogP contribution in [0.4, 0.5) is 5.69 Å². The number of hydrogen-bond acceptors (Lipinski definition) is 3. The largest absolute Gasteiger partial charge is 0.336 e. The van der Waals surface area contributed by atoms with Crippen LogP contribution in [-0.2, 0) is 16.0 Å². The molecule has 0 bridgehead atoms. The van der Waals surface area contributed by atoms with Crippen molar-refractivity contribution in [2.45, 2.75) is 46.5 Å². The van der Waals surface area contributed by atoms with Gasteiger partial charge in [0.25, 0.3) is 0 Å². The van der Waals surface area contributed by atoms with E-state index < -0.39 is 0 Å². The minimum absolute atomic E-state index is 0.0495. The molecular weight excluding hydrogens is 364 g/mol. The quantitative estimate of drug-likeness (QED) is 0.644. The number of benzene rings is 2. The maximum atomic E-state index is 12.3. The molecule has 0 aliphatic carbocycles. The first-order valence-corrected chi connectivity index (χ1v) is 10.0. The summed E-state index contributed by atoms with van der Waals surface area (Å²) < 4.78 is 0. The number of carbonyl (C=O) groups excluding carboxylic acids is 3. The summed E-state index contributed by atoms with van der Waals surface area (Å²) in [6.45, 7) is 5.94. The van der Waals surface area contributed by atoms with Gasteiger partial charge in [-0.1, -0.05) is 49.7 Å². The predicted molar refractivity (Wildman–Crippen MR) is 116 cm³/mol. The Morgan fingerprint density at radius 1 is 0.966 bits per heavy atom. The fourth-order valence-electron chi connectivity index (χ4n) is 3.07. The zero-order chi connectivity index (χ0) is 21.4. The van der Waals surface area contributed by atoms with Gasteiger partial charge in [-0.05, 0) is 43.0 Å². The number of likely N-dealkylation sites (N-methyl/N-ethyl adjacent to an activating group) is 1.